The predicted octanol–water partition coefficient (Wildman–Crippen LogP) is 4.29. The van der Waals surface area contributed by atoms with Crippen molar-refractivity contribution in [2.24, 2.45) is 5.41 Å². The zero-order valence-electron chi connectivity index (χ0n) is 14.8. The van der Waals surface area contributed by atoms with Crippen molar-refractivity contribution >= 4 is 11.9 Å². The van der Waals surface area contributed by atoms with E-state index in [2.05, 4.69) is 15.0 Å². The normalized spacial score (nSPS) is 18.3. The molecule has 2 atom stereocenters. The van der Waals surface area contributed by atoms with Gasteiger partial charge in [0.2, 0.25) is 17.7 Å². The fourth-order valence-corrected chi connectivity index (χ4v) is 1.89. The van der Waals surface area contributed by atoms with Crippen LogP contribution in [0.15, 0.2) is 0 Å². The van der Waals surface area contributed by atoms with Gasteiger partial charge in [0.1, 0.15) is 17.5 Å². The molecule has 0 unspecified atom stereocenters. The van der Waals surface area contributed by atoms with E-state index in [1.54, 1.807) is 0 Å². The van der Waals surface area contributed by atoms with Crippen molar-refractivity contribution in [3.63, 3.8) is 0 Å². The molecule has 1 fully saturated rings. The molecule has 1 aromatic heterocycles. The molecule has 0 bridgehead atoms. The van der Waals surface area contributed by atoms with Crippen LogP contribution in [-0.2, 0) is 0 Å². The van der Waals surface area contributed by atoms with Crippen molar-refractivity contribution < 1.29 is 39.5 Å². The maximum atomic E-state index is 12.9. The van der Waals surface area contributed by atoms with Crippen LogP contribution in [0, 0.1) is 17.3 Å². The maximum absolute atomic E-state index is 12.9. The fraction of sp³-hybridized carbons (Fsp3) is 0.667. The first-order chi connectivity index (χ1) is 13.0. The fourth-order valence-electron chi connectivity index (χ4n) is 1.89. The van der Waals surface area contributed by atoms with Crippen molar-refractivity contribution in [1.82, 2.24) is 15.0 Å². The summed E-state index contributed by atoms with van der Waals surface area (Å²) in [6.07, 6.45) is -14.7. The molecule has 0 amide bonds. The summed E-state index contributed by atoms with van der Waals surface area (Å²) < 4.78 is 115. The second kappa shape index (κ2) is 7.42. The summed E-state index contributed by atoms with van der Waals surface area (Å²) in [5, 5.41) is 3.64. The van der Waals surface area contributed by atoms with Crippen LogP contribution in [0.3, 0.4) is 0 Å². The number of nitrogens with zero attached hydrogens (tertiary/aromatic N) is 3. The topological polar surface area (TPSA) is 62.7 Å². The van der Waals surface area contributed by atoms with Crippen LogP contribution in [0.2, 0.25) is 0 Å². The number of halogens is 9. The van der Waals surface area contributed by atoms with Gasteiger partial charge < -0.3 is 10.6 Å². The average molecular weight is 435 g/mol. The molecule has 1 aromatic rings. The quantitative estimate of drug-likeness (QED) is 0.546. The lowest BCUT2D eigenvalue weighted by molar-refractivity contribution is -0.168. The molecule has 1 aliphatic rings. The largest absolute Gasteiger partial charge is 0.408 e. The summed E-state index contributed by atoms with van der Waals surface area (Å²) >= 11 is 0. The van der Waals surface area contributed by atoms with Gasteiger partial charge in [0.15, 0.2) is 0 Å². The first-order valence-electron chi connectivity index (χ1n) is 8.06. The van der Waals surface area contributed by atoms with E-state index in [-0.39, 0.29) is 12.8 Å². The minimum absolute atomic E-state index is 0.277. The Kier molecular flexibility index (Phi) is 5.84. The maximum Gasteiger partial charge on any atom is 0.408 e. The molecule has 2 N–H and O–H groups in total. The first kappa shape index (κ1) is 22.8. The van der Waals surface area contributed by atoms with Crippen LogP contribution in [0.4, 0.5) is 51.4 Å². The van der Waals surface area contributed by atoms with Gasteiger partial charge in [0.05, 0.1) is 0 Å². The molecule has 1 aliphatic carbocycles. The molecule has 162 valence electrons. The molecule has 1 heterocycles. The molecular weight excluding hydrogens is 421 g/mol. The second-order valence-electron chi connectivity index (χ2n) is 6.45. The van der Waals surface area contributed by atoms with Gasteiger partial charge in [-0.1, -0.05) is 5.92 Å². The number of hydrogen-bond acceptors (Lipinski definition) is 5. The van der Waals surface area contributed by atoms with Crippen LogP contribution in [0.1, 0.15) is 32.5 Å². The highest BCUT2D eigenvalue weighted by molar-refractivity contribution is 5.41. The zero-order valence-corrected chi connectivity index (χ0v) is 14.8. The third-order valence-electron chi connectivity index (χ3n) is 4.01. The Bertz CT molecular complexity index is 759. The molecule has 0 aliphatic heterocycles. The third kappa shape index (κ3) is 5.77. The van der Waals surface area contributed by atoms with Crippen LogP contribution in [0.25, 0.3) is 0 Å². The minimum Gasteiger partial charge on any atom is -0.343 e. The second-order valence-corrected chi connectivity index (χ2v) is 6.45. The van der Waals surface area contributed by atoms with Gasteiger partial charge in [-0.2, -0.15) is 54.5 Å². The average Bonchev–Trinajstić information content (AvgIpc) is 3.32. The highest BCUT2D eigenvalue weighted by atomic mass is 19.4. The molecule has 0 spiro atoms. The summed E-state index contributed by atoms with van der Waals surface area (Å²) in [6, 6.07) is -4.38. The SMILES string of the molecule is C[C@@H](Nc1nc(C#CC2(C(F)(F)F)CC2)nc(N[C@H](C)C(F)(F)F)n1)C(F)(F)F. The zero-order chi connectivity index (χ0) is 22.3. The van der Waals surface area contributed by atoms with E-state index in [1.165, 1.54) is 0 Å². The summed E-state index contributed by atoms with van der Waals surface area (Å²) in [6.45, 7) is 1.40. The van der Waals surface area contributed by atoms with E-state index in [4.69, 9.17) is 0 Å². The van der Waals surface area contributed by atoms with Gasteiger partial charge in [-0.3, -0.25) is 0 Å². The number of aromatic nitrogens is 3. The third-order valence-corrected chi connectivity index (χ3v) is 4.01. The number of anilines is 2. The monoisotopic (exact) mass is 435 g/mol. The lowest BCUT2D eigenvalue weighted by Gasteiger charge is -2.19. The number of alkyl halides is 9. The molecule has 5 nitrogen and oxygen atoms in total. The number of rotatable bonds is 4. The number of nitrogens with one attached hydrogen (secondary N) is 2. The van der Waals surface area contributed by atoms with Crippen molar-refractivity contribution in [2.75, 3.05) is 10.6 Å². The molecule has 1 saturated carbocycles. The highest BCUT2D eigenvalue weighted by Crippen LogP contribution is 2.57. The van der Waals surface area contributed by atoms with Crippen molar-refractivity contribution in [2.45, 2.75) is 57.3 Å². The summed E-state index contributed by atoms with van der Waals surface area (Å²) in [7, 11) is 0. The highest BCUT2D eigenvalue weighted by Gasteiger charge is 2.62. The van der Waals surface area contributed by atoms with Crippen molar-refractivity contribution in [3.05, 3.63) is 5.82 Å². The molecule has 2 rings (SSSR count). The summed E-state index contributed by atoms with van der Waals surface area (Å²) in [5.74, 6) is 1.62. The van der Waals surface area contributed by atoms with E-state index >= 15 is 0 Å². The Morgan fingerprint density at radius 3 is 1.52 bits per heavy atom. The van der Waals surface area contributed by atoms with E-state index in [9.17, 15) is 39.5 Å². The first-order valence-corrected chi connectivity index (χ1v) is 8.06. The minimum atomic E-state index is -4.74. The van der Waals surface area contributed by atoms with Gasteiger partial charge in [-0.25, -0.2) is 0 Å². The van der Waals surface area contributed by atoms with Gasteiger partial charge in [-0.05, 0) is 32.6 Å². The molecular formula is C15H14F9N5. The van der Waals surface area contributed by atoms with E-state index in [0.717, 1.165) is 0 Å². The van der Waals surface area contributed by atoms with E-state index in [1.807, 2.05) is 22.5 Å². The van der Waals surface area contributed by atoms with E-state index < -0.39 is 53.7 Å². The van der Waals surface area contributed by atoms with Crippen LogP contribution < -0.4 is 10.6 Å². The lowest BCUT2D eigenvalue weighted by atomic mass is 10.1. The number of hydrogen-bond donors (Lipinski definition) is 2. The van der Waals surface area contributed by atoms with Crippen LogP contribution in [-0.4, -0.2) is 45.6 Å². The Morgan fingerprint density at radius 2 is 1.21 bits per heavy atom. The molecule has 0 saturated heterocycles. The molecule has 29 heavy (non-hydrogen) atoms. The van der Waals surface area contributed by atoms with Gasteiger partial charge in [0.25, 0.3) is 0 Å². The van der Waals surface area contributed by atoms with Crippen LogP contribution >= 0.6 is 0 Å². The van der Waals surface area contributed by atoms with Gasteiger partial charge in [0, 0.05) is 0 Å². The Morgan fingerprint density at radius 1 is 0.793 bits per heavy atom. The Labute approximate surface area is 158 Å². The molecule has 14 heteroatoms. The van der Waals surface area contributed by atoms with Crippen molar-refractivity contribution in [1.29, 1.82) is 0 Å². The lowest BCUT2D eigenvalue weighted by Crippen LogP contribution is -2.35. The van der Waals surface area contributed by atoms with Crippen molar-refractivity contribution in [3.8, 4) is 11.8 Å². The summed E-state index contributed by atoms with van der Waals surface area (Å²) in [4.78, 5) is 10.4. The van der Waals surface area contributed by atoms with Crippen LogP contribution in [0.5, 0.6) is 0 Å². The predicted molar refractivity (Wildman–Crippen MR) is 82.7 cm³/mol. The van der Waals surface area contributed by atoms with Gasteiger partial charge >= 0.3 is 18.5 Å². The van der Waals surface area contributed by atoms with Gasteiger partial charge in [-0.15, -0.1) is 0 Å². The van der Waals surface area contributed by atoms with E-state index in [0.29, 0.717) is 13.8 Å². The molecule has 0 aromatic carbocycles. The Hall–Kier alpha value is -2.46. The molecule has 0 radical (unpaired) electrons. The Balaban J connectivity index is 2.37. The standard InChI is InChI=1S/C15H14F9N5/c1-7(13(16,17)18)25-10-27-9(3-4-12(5-6-12)15(22,23)24)28-11(29-10)26-8(2)14(19,20)21/h7-8H,5-6H2,1-2H3,(H2,25,26,27,28,29)/t7-,8-/m1/s1. The summed E-state index contributed by atoms with van der Waals surface area (Å²) in [5.41, 5.74) is -2.28. The smallest absolute Gasteiger partial charge is 0.343 e.